The molecule has 3 nitrogen and oxygen atoms in total. The van der Waals surface area contributed by atoms with Crippen molar-refractivity contribution in [1.29, 1.82) is 0 Å². The van der Waals surface area contributed by atoms with Crippen molar-refractivity contribution in [2.45, 2.75) is 38.8 Å². The Bertz CT molecular complexity index is 464. The molecule has 0 amide bonds. The molecule has 2 aromatic rings. The molecule has 0 aliphatic rings. The Labute approximate surface area is 108 Å². The Morgan fingerprint density at radius 1 is 1.28 bits per heavy atom. The first-order valence-electron chi connectivity index (χ1n) is 6.54. The van der Waals surface area contributed by atoms with E-state index >= 15 is 0 Å². The van der Waals surface area contributed by atoms with Crippen LogP contribution in [-0.2, 0) is 13.0 Å². The van der Waals surface area contributed by atoms with Crippen LogP contribution < -0.4 is 0 Å². The van der Waals surface area contributed by atoms with Crippen LogP contribution in [0, 0.1) is 0 Å². The van der Waals surface area contributed by atoms with Crippen LogP contribution in [0.1, 0.15) is 37.0 Å². The largest absolute Gasteiger partial charge is 0.388 e. The number of aliphatic hydroxyl groups is 1. The summed E-state index contributed by atoms with van der Waals surface area (Å²) in [4.78, 5) is 0. The Morgan fingerprint density at radius 3 is 2.78 bits per heavy atom. The molecular formula is C15H20N2O. The number of hydrogen-bond acceptors (Lipinski definition) is 2. The zero-order valence-corrected chi connectivity index (χ0v) is 10.8. The minimum Gasteiger partial charge on any atom is -0.388 e. The van der Waals surface area contributed by atoms with E-state index < -0.39 is 0 Å². The highest BCUT2D eigenvalue weighted by Gasteiger charge is 2.07. The molecule has 18 heavy (non-hydrogen) atoms. The third kappa shape index (κ3) is 3.44. The van der Waals surface area contributed by atoms with Crippen LogP contribution in [0.15, 0.2) is 42.7 Å². The van der Waals surface area contributed by atoms with Crippen LogP contribution in [0.25, 0.3) is 0 Å². The summed E-state index contributed by atoms with van der Waals surface area (Å²) in [5.41, 5.74) is 2.27. The molecule has 1 N–H and O–H groups in total. The molecule has 0 aliphatic heterocycles. The highest BCUT2D eigenvalue weighted by Crippen LogP contribution is 2.14. The fourth-order valence-corrected chi connectivity index (χ4v) is 2.00. The molecule has 0 saturated heterocycles. The minimum absolute atomic E-state index is 0.382. The van der Waals surface area contributed by atoms with Gasteiger partial charge < -0.3 is 5.11 Å². The Balaban J connectivity index is 1.82. The van der Waals surface area contributed by atoms with E-state index in [1.54, 1.807) is 6.20 Å². The second kappa shape index (κ2) is 6.36. The lowest BCUT2D eigenvalue weighted by Gasteiger charge is -2.04. The van der Waals surface area contributed by atoms with Crippen LogP contribution >= 0.6 is 0 Å². The van der Waals surface area contributed by atoms with Crippen LogP contribution in [0.2, 0.25) is 0 Å². The van der Waals surface area contributed by atoms with Crippen molar-refractivity contribution in [1.82, 2.24) is 9.78 Å². The highest BCUT2D eigenvalue weighted by atomic mass is 16.3. The summed E-state index contributed by atoms with van der Waals surface area (Å²) in [5.74, 6) is 0. The number of aromatic nitrogens is 2. The Kier molecular flexibility index (Phi) is 4.53. The van der Waals surface area contributed by atoms with Crippen molar-refractivity contribution in [3.8, 4) is 0 Å². The molecule has 0 fully saturated rings. The van der Waals surface area contributed by atoms with Gasteiger partial charge in [0.1, 0.15) is 0 Å². The molecule has 0 spiro atoms. The van der Waals surface area contributed by atoms with E-state index in [0.29, 0.717) is 0 Å². The van der Waals surface area contributed by atoms with Gasteiger partial charge in [-0.1, -0.05) is 37.3 Å². The SMILES string of the molecule is CCC(O)c1cnn(CCCc2ccccc2)c1. The molecule has 1 unspecified atom stereocenters. The van der Waals surface area contributed by atoms with Gasteiger partial charge in [-0.05, 0) is 24.8 Å². The van der Waals surface area contributed by atoms with Crippen molar-refractivity contribution in [3.63, 3.8) is 0 Å². The standard InChI is InChI=1S/C15H20N2O/c1-2-15(18)14-11-16-17(12-14)10-6-9-13-7-4-3-5-8-13/h3-5,7-8,11-12,15,18H,2,6,9-10H2,1H3. The highest BCUT2D eigenvalue weighted by molar-refractivity contribution is 5.14. The summed E-state index contributed by atoms with van der Waals surface area (Å²) in [6.07, 6.45) is 6.18. The molecule has 1 aromatic carbocycles. The maximum Gasteiger partial charge on any atom is 0.0817 e. The smallest absolute Gasteiger partial charge is 0.0817 e. The van der Waals surface area contributed by atoms with Crippen LogP contribution in [0.3, 0.4) is 0 Å². The minimum atomic E-state index is -0.382. The summed E-state index contributed by atoms with van der Waals surface area (Å²) in [7, 11) is 0. The maximum atomic E-state index is 9.69. The third-order valence-electron chi connectivity index (χ3n) is 3.12. The second-order valence-electron chi connectivity index (χ2n) is 4.55. The van der Waals surface area contributed by atoms with Gasteiger partial charge in [-0.3, -0.25) is 4.68 Å². The topological polar surface area (TPSA) is 38.1 Å². The van der Waals surface area contributed by atoms with Gasteiger partial charge in [0.15, 0.2) is 0 Å². The second-order valence-corrected chi connectivity index (χ2v) is 4.55. The fraction of sp³-hybridized carbons (Fsp3) is 0.400. The van der Waals surface area contributed by atoms with Gasteiger partial charge >= 0.3 is 0 Å². The van der Waals surface area contributed by atoms with Crippen LogP contribution in [-0.4, -0.2) is 14.9 Å². The first-order chi connectivity index (χ1) is 8.79. The number of nitrogens with zero attached hydrogens (tertiary/aromatic N) is 2. The van der Waals surface area contributed by atoms with E-state index in [-0.39, 0.29) is 6.10 Å². The number of benzene rings is 1. The predicted octanol–water partition coefficient (Wildman–Crippen LogP) is 2.96. The van der Waals surface area contributed by atoms with Gasteiger partial charge in [0.05, 0.1) is 12.3 Å². The van der Waals surface area contributed by atoms with E-state index in [2.05, 4.69) is 29.4 Å². The van der Waals surface area contributed by atoms with Crippen LogP contribution in [0.4, 0.5) is 0 Å². The predicted molar refractivity (Wildman–Crippen MR) is 72.2 cm³/mol. The first kappa shape index (κ1) is 12.8. The first-order valence-corrected chi connectivity index (χ1v) is 6.54. The molecule has 0 radical (unpaired) electrons. The van der Waals surface area contributed by atoms with Crippen molar-refractivity contribution in [2.24, 2.45) is 0 Å². The van der Waals surface area contributed by atoms with Crippen molar-refractivity contribution >= 4 is 0 Å². The van der Waals surface area contributed by atoms with E-state index in [1.165, 1.54) is 5.56 Å². The number of aryl methyl sites for hydroxylation is 2. The number of aliphatic hydroxyl groups excluding tert-OH is 1. The monoisotopic (exact) mass is 244 g/mol. The van der Waals surface area contributed by atoms with Gasteiger partial charge in [0.25, 0.3) is 0 Å². The zero-order chi connectivity index (χ0) is 12.8. The van der Waals surface area contributed by atoms with E-state index in [4.69, 9.17) is 0 Å². The Morgan fingerprint density at radius 2 is 2.06 bits per heavy atom. The summed E-state index contributed by atoms with van der Waals surface area (Å²) < 4.78 is 1.91. The molecular weight excluding hydrogens is 224 g/mol. The van der Waals surface area contributed by atoms with E-state index in [0.717, 1.165) is 31.4 Å². The van der Waals surface area contributed by atoms with Crippen molar-refractivity contribution in [2.75, 3.05) is 0 Å². The van der Waals surface area contributed by atoms with Gasteiger partial charge in [-0.15, -0.1) is 0 Å². The van der Waals surface area contributed by atoms with Gasteiger partial charge in [-0.25, -0.2) is 0 Å². The molecule has 1 heterocycles. The molecule has 96 valence electrons. The molecule has 0 bridgehead atoms. The zero-order valence-electron chi connectivity index (χ0n) is 10.8. The normalized spacial score (nSPS) is 12.6. The molecule has 3 heteroatoms. The average Bonchev–Trinajstić information content (AvgIpc) is 2.88. The van der Waals surface area contributed by atoms with Crippen molar-refractivity contribution < 1.29 is 5.11 Å². The fourth-order valence-electron chi connectivity index (χ4n) is 2.00. The van der Waals surface area contributed by atoms with Crippen LogP contribution in [0.5, 0.6) is 0 Å². The van der Waals surface area contributed by atoms with E-state index in [1.807, 2.05) is 23.9 Å². The molecule has 2 rings (SSSR count). The van der Waals surface area contributed by atoms with Gasteiger partial charge in [0.2, 0.25) is 0 Å². The number of rotatable bonds is 6. The maximum absolute atomic E-state index is 9.69. The Hall–Kier alpha value is -1.61. The van der Waals surface area contributed by atoms with E-state index in [9.17, 15) is 5.11 Å². The summed E-state index contributed by atoms with van der Waals surface area (Å²) >= 11 is 0. The van der Waals surface area contributed by atoms with Crippen molar-refractivity contribution in [3.05, 3.63) is 53.9 Å². The molecule has 1 atom stereocenters. The third-order valence-corrected chi connectivity index (χ3v) is 3.12. The van der Waals surface area contributed by atoms with Gasteiger partial charge in [-0.2, -0.15) is 5.10 Å². The lowest BCUT2D eigenvalue weighted by Crippen LogP contribution is -2.00. The molecule has 1 aromatic heterocycles. The summed E-state index contributed by atoms with van der Waals surface area (Å²) in [6.45, 7) is 2.86. The average molecular weight is 244 g/mol. The summed E-state index contributed by atoms with van der Waals surface area (Å²) in [6, 6.07) is 10.5. The molecule has 0 aliphatic carbocycles. The summed E-state index contributed by atoms with van der Waals surface area (Å²) in [5, 5.41) is 14.0. The lowest BCUT2D eigenvalue weighted by atomic mass is 10.1. The molecule has 0 saturated carbocycles. The lowest BCUT2D eigenvalue weighted by molar-refractivity contribution is 0.173. The van der Waals surface area contributed by atoms with Gasteiger partial charge in [0, 0.05) is 18.3 Å². The number of hydrogen-bond donors (Lipinski definition) is 1. The quantitative estimate of drug-likeness (QED) is 0.848.